The second-order valence-corrected chi connectivity index (χ2v) is 7.87. The molecule has 3 heterocycles. The van der Waals surface area contributed by atoms with Crippen molar-refractivity contribution >= 4 is 10.8 Å². The van der Waals surface area contributed by atoms with Gasteiger partial charge >= 0.3 is 0 Å². The minimum atomic E-state index is 0.00619. The van der Waals surface area contributed by atoms with E-state index in [1.54, 1.807) is 24.0 Å². The van der Waals surface area contributed by atoms with E-state index in [9.17, 15) is 4.79 Å². The van der Waals surface area contributed by atoms with E-state index in [4.69, 9.17) is 4.74 Å². The topological polar surface area (TPSA) is 69.0 Å². The molecule has 1 aromatic carbocycles. The predicted molar refractivity (Wildman–Crippen MR) is 127 cm³/mol. The van der Waals surface area contributed by atoms with E-state index in [2.05, 4.69) is 33.5 Å². The first-order valence-electron chi connectivity index (χ1n) is 10.9. The predicted octanol–water partition coefficient (Wildman–Crippen LogP) is 4.06. The van der Waals surface area contributed by atoms with Crippen LogP contribution in [0.15, 0.2) is 84.3 Å². The first kappa shape index (κ1) is 21.7. The third kappa shape index (κ3) is 5.59. The molecule has 164 valence electrons. The zero-order valence-electron chi connectivity index (χ0n) is 18.3. The van der Waals surface area contributed by atoms with Gasteiger partial charge < -0.3 is 14.6 Å². The van der Waals surface area contributed by atoms with Crippen LogP contribution in [0.4, 0.5) is 0 Å². The van der Waals surface area contributed by atoms with Crippen LogP contribution in [0, 0.1) is 0 Å². The van der Waals surface area contributed by atoms with E-state index < -0.39 is 0 Å². The van der Waals surface area contributed by atoms with Gasteiger partial charge in [0, 0.05) is 49.5 Å². The Bertz CT molecular complexity index is 1190. The Kier molecular flexibility index (Phi) is 7.25. The maximum absolute atomic E-state index is 12.2. The van der Waals surface area contributed by atoms with Gasteiger partial charge in [0.1, 0.15) is 5.75 Å². The second kappa shape index (κ2) is 10.7. The monoisotopic (exact) mass is 428 g/mol. The molecule has 1 atom stereocenters. The molecule has 32 heavy (non-hydrogen) atoms. The molecular formula is C26H28N4O2. The number of ether oxygens (including phenoxy) is 1. The van der Waals surface area contributed by atoms with E-state index in [0.717, 1.165) is 36.9 Å². The molecule has 0 spiro atoms. The van der Waals surface area contributed by atoms with Crippen molar-refractivity contribution in [3.63, 3.8) is 0 Å². The van der Waals surface area contributed by atoms with E-state index >= 15 is 0 Å². The molecule has 0 aliphatic carbocycles. The molecular weight excluding hydrogens is 400 g/mol. The average Bonchev–Trinajstić information content (AvgIpc) is 2.84. The van der Waals surface area contributed by atoms with E-state index in [1.807, 2.05) is 48.9 Å². The maximum Gasteiger partial charge on any atom is 0.258 e. The number of nitrogens with one attached hydrogen (secondary N) is 1. The Morgan fingerprint density at radius 3 is 2.75 bits per heavy atom. The molecule has 0 fully saturated rings. The summed E-state index contributed by atoms with van der Waals surface area (Å²) in [4.78, 5) is 20.5. The van der Waals surface area contributed by atoms with Gasteiger partial charge in [0.25, 0.3) is 5.56 Å². The van der Waals surface area contributed by atoms with E-state index in [1.165, 1.54) is 11.1 Å². The van der Waals surface area contributed by atoms with Gasteiger partial charge in [-0.1, -0.05) is 6.07 Å². The zero-order chi connectivity index (χ0) is 22.2. The van der Waals surface area contributed by atoms with E-state index in [-0.39, 0.29) is 11.6 Å². The molecule has 6 heteroatoms. The highest BCUT2D eigenvalue weighted by Crippen LogP contribution is 2.20. The Hall–Kier alpha value is -3.51. The quantitative estimate of drug-likeness (QED) is 0.386. The van der Waals surface area contributed by atoms with Crippen molar-refractivity contribution in [2.75, 3.05) is 13.2 Å². The summed E-state index contributed by atoms with van der Waals surface area (Å²) in [6, 6.07) is 16.0. The van der Waals surface area contributed by atoms with Crippen molar-refractivity contribution in [3.8, 4) is 5.75 Å². The van der Waals surface area contributed by atoms with Crippen LogP contribution < -0.4 is 15.6 Å². The van der Waals surface area contributed by atoms with Gasteiger partial charge in [-0.2, -0.15) is 0 Å². The van der Waals surface area contributed by atoms with Crippen molar-refractivity contribution < 1.29 is 4.74 Å². The largest absolute Gasteiger partial charge is 0.494 e. The van der Waals surface area contributed by atoms with Crippen molar-refractivity contribution in [2.24, 2.45) is 7.05 Å². The summed E-state index contributed by atoms with van der Waals surface area (Å²) < 4.78 is 7.52. The van der Waals surface area contributed by atoms with Crippen LogP contribution in [-0.2, 0) is 13.5 Å². The van der Waals surface area contributed by atoms with Crippen LogP contribution in [0.5, 0.6) is 5.75 Å². The Labute approximate surface area is 187 Å². The van der Waals surface area contributed by atoms with E-state index in [0.29, 0.717) is 12.0 Å². The summed E-state index contributed by atoms with van der Waals surface area (Å²) in [5.41, 5.74) is 2.48. The molecule has 4 rings (SSSR count). The first-order valence-corrected chi connectivity index (χ1v) is 10.9. The van der Waals surface area contributed by atoms with Gasteiger partial charge in [-0.05, 0) is 84.8 Å². The number of nitrogens with zero attached hydrogens (tertiary/aromatic N) is 3. The Morgan fingerprint density at radius 1 is 1.06 bits per heavy atom. The summed E-state index contributed by atoms with van der Waals surface area (Å²) in [7, 11) is 1.76. The SMILES string of the molecule is Cn1ccc2cc(OCCCNC(CCc3cccnc3)c3ccncc3)ccc2c1=O. The third-order valence-corrected chi connectivity index (χ3v) is 5.59. The van der Waals surface area contributed by atoms with Crippen molar-refractivity contribution in [3.05, 3.63) is 101 Å². The Morgan fingerprint density at radius 2 is 1.94 bits per heavy atom. The lowest BCUT2D eigenvalue weighted by Crippen LogP contribution is -2.24. The zero-order valence-corrected chi connectivity index (χ0v) is 18.3. The lowest BCUT2D eigenvalue weighted by Gasteiger charge is -2.19. The number of pyridine rings is 3. The van der Waals surface area contributed by atoms with Crippen LogP contribution in [0.1, 0.15) is 30.0 Å². The second-order valence-electron chi connectivity index (χ2n) is 7.87. The third-order valence-electron chi connectivity index (χ3n) is 5.59. The molecule has 0 radical (unpaired) electrons. The standard InChI is InChI=1S/C26H28N4O2/c1-30-16-11-22-18-23(6-7-24(22)26(30)31)32-17-3-13-29-25(21-9-14-27-15-10-21)8-5-20-4-2-12-28-19-20/h2,4,6-7,9-12,14-16,18-19,25,29H,3,5,8,13,17H2,1H3. The summed E-state index contributed by atoms with van der Waals surface area (Å²) in [6.45, 7) is 1.45. The number of hydrogen-bond donors (Lipinski definition) is 1. The highest BCUT2D eigenvalue weighted by atomic mass is 16.5. The summed E-state index contributed by atoms with van der Waals surface area (Å²) in [5.74, 6) is 0.785. The molecule has 6 nitrogen and oxygen atoms in total. The van der Waals surface area contributed by atoms with Gasteiger partial charge in [0.05, 0.1) is 6.61 Å². The van der Waals surface area contributed by atoms with Crippen LogP contribution >= 0.6 is 0 Å². The van der Waals surface area contributed by atoms with Crippen LogP contribution in [-0.4, -0.2) is 27.7 Å². The summed E-state index contributed by atoms with van der Waals surface area (Å²) >= 11 is 0. The average molecular weight is 429 g/mol. The molecule has 0 bridgehead atoms. The van der Waals surface area contributed by atoms with Gasteiger partial charge in [0.15, 0.2) is 0 Å². The fraction of sp³-hybridized carbons (Fsp3) is 0.269. The normalized spacial score (nSPS) is 12.0. The lowest BCUT2D eigenvalue weighted by molar-refractivity contribution is 0.304. The number of aromatic nitrogens is 3. The van der Waals surface area contributed by atoms with Crippen molar-refractivity contribution in [1.29, 1.82) is 0 Å². The van der Waals surface area contributed by atoms with Gasteiger partial charge in [0.2, 0.25) is 0 Å². The molecule has 0 saturated heterocycles. The number of benzene rings is 1. The van der Waals surface area contributed by atoms with Crippen LogP contribution in [0.25, 0.3) is 10.8 Å². The molecule has 0 aliphatic rings. The lowest BCUT2D eigenvalue weighted by atomic mass is 10.0. The van der Waals surface area contributed by atoms with Crippen molar-refractivity contribution in [2.45, 2.75) is 25.3 Å². The molecule has 1 unspecified atom stereocenters. The number of rotatable bonds is 10. The fourth-order valence-electron chi connectivity index (χ4n) is 3.79. The first-order chi connectivity index (χ1) is 15.7. The molecule has 0 amide bonds. The number of aryl methyl sites for hydroxylation is 2. The molecule has 0 aliphatic heterocycles. The fourth-order valence-corrected chi connectivity index (χ4v) is 3.79. The maximum atomic E-state index is 12.2. The Balaban J connectivity index is 1.29. The van der Waals surface area contributed by atoms with Gasteiger partial charge in [-0.15, -0.1) is 0 Å². The number of hydrogen-bond acceptors (Lipinski definition) is 5. The minimum absolute atomic E-state index is 0.00619. The number of fused-ring (bicyclic) bond motifs is 1. The smallest absolute Gasteiger partial charge is 0.258 e. The molecule has 0 saturated carbocycles. The highest BCUT2D eigenvalue weighted by Gasteiger charge is 2.11. The van der Waals surface area contributed by atoms with Gasteiger partial charge in [-0.3, -0.25) is 14.8 Å². The molecule has 4 aromatic rings. The minimum Gasteiger partial charge on any atom is -0.494 e. The molecule has 3 aromatic heterocycles. The van der Waals surface area contributed by atoms with Crippen LogP contribution in [0.2, 0.25) is 0 Å². The summed E-state index contributed by atoms with van der Waals surface area (Å²) in [5, 5.41) is 5.27. The van der Waals surface area contributed by atoms with Crippen molar-refractivity contribution in [1.82, 2.24) is 19.9 Å². The van der Waals surface area contributed by atoms with Crippen LogP contribution in [0.3, 0.4) is 0 Å². The van der Waals surface area contributed by atoms with Gasteiger partial charge in [-0.25, -0.2) is 0 Å². The summed E-state index contributed by atoms with van der Waals surface area (Å²) in [6.07, 6.45) is 12.0. The molecule has 1 N–H and O–H groups in total. The highest BCUT2D eigenvalue weighted by molar-refractivity contribution is 5.82.